The van der Waals surface area contributed by atoms with Crippen LogP contribution in [-0.4, -0.2) is 26.1 Å². The van der Waals surface area contributed by atoms with Crippen LogP contribution < -0.4 is 0 Å². The minimum Gasteiger partial charge on any atom is -0.413 e. The second-order valence-corrected chi connectivity index (χ2v) is 11.3. The highest BCUT2D eigenvalue weighted by Gasteiger charge is 2.36. The van der Waals surface area contributed by atoms with E-state index < -0.39 is 8.32 Å². The molecule has 0 saturated heterocycles. The molecular formula is C14H30O2Si. The molecular weight excluding hydrogens is 228 g/mol. The molecule has 0 radical (unpaired) electrons. The first-order chi connectivity index (χ1) is 7.56. The van der Waals surface area contributed by atoms with E-state index in [-0.39, 0.29) is 11.1 Å². The number of aliphatic hydroxyl groups excluding tert-OH is 1. The van der Waals surface area contributed by atoms with Gasteiger partial charge in [0.1, 0.15) is 0 Å². The van der Waals surface area contributed by atoms with Gasteiger partial charge in [0.15, 0.2) is 8.32 Å². The molecule has 2 nitrogen and oxygen atoms in total. The summed E-state index contributed by atoms with van der Waals surface area (Å²) in [5.74, 6) is 0. The van der Waals surface area contributed by atoms with Gasteiger partial charge < -0.3 is 9.53 Å². The van der Waals surface area contributed by atoms with Crippen LogP contribution in [0.15, 0.2) is 11.6 Å². The van der Waals surface area contributed by atoms with Gasteiger partial charge in [-0.2, -0.15) is 0 Å². The van der Waals surface area contributed by atoms with Crippen LogP contribution in [0.5, 0.6) is 0 Å². The van der Waals surface area contributed by atoms with Gasteiger partial charge in [-0.15, -0.1) is 0 Å². The Kier molecular flexibility index (Phi) is 6.67. The summed E-state index contributed by atoms with van der Waals surface area (Å²) >= 11 is 0. The molecule has 1 atom stereocenters. The van der Waals surface area contributed by atoms with Crippen molar-refractivity contribution in [2.75, 3.05) is 6.61 Å². The van der Waals surface area contributed by atoms with Crippen molar-refractivity contribution in [1.29, 1.82) is 0 Å². The molecule has 17 heavy (non-hydrogen) atoms. The summed E-state index contributed by atoms with van der Waals surface area (Å²) in [5.41, 5.74) is 1.27. The Balaban J connectivity index is 4.11. The molecule has 0 fully saturated rings. The average molecular weight is 258 g/mol. The van der Waals surface area contributed by atoms with Gasteiger partial charge in [-0.25, -0.2) is 0 Å². The fourth-order valence-electron chi connectivity index (χ4n) is 1.14. The fraction of sp³-hybridized carbons (Fsp3) is 0.857. The summed E-state index contributed by atoms with van der Waals surface area (Å²) in [4.78, 5) is 0. The summed E-state index contributed by atoms with van der Waals surface area (Å²) < 4.78 is 6.12. The standard InChI is InChI=1S/C14H30O2Si/c1-12(9-8-10-13(2)15)11-16-17(6,7)14(3,4)5/h9,13,15H,8,10-11H2,1-7H3/b12-9+. The molecule has 102 valence electrons. The molecule has 0 aliphatic rings. The number of allylic oxidation sites excluding steroid dienone is 1. The van der Waals surface area contributed by atoms with E-state index in [4.69, 9.17) is 4.43 Å². The van der Waals surface area contributed by atoms with E-state index in [9.17, 15) is 5.11 Å². The molecule has 0 bridgehead atoms. The summed E-state index contributed by atoms with van der Waals surface area (Å²) in [7, 11) is -1.62. The molecule has 3 heteroatoms. The van der Waals surface area contributed by atoms with Crippen LogP contribution in [-0.2, 0) is 4.43 Å². The Morgan fingerprint density at radius 2 is 1.88 bits per heavy atom. The van der Waals surface area contributed by atoms with Crippen molar-refractivity contribution in [3.63, 3.8) is 0 Å². The maximum Gasteiger partial charge on any atom is 0.192 e. The Labute approximate surface area is 108 Å². The van der Waals surface area contributed by atoms with E-state index in [0.29, 0.717) is 0 Å². The fourth-order valence-corrected chi connectivity index (χ4v) is 2.16. The molecule has 0 rings (SSSR count). The van der Waals surface area contributed by atoms with Crippen LogP contribution in [0.4, 0.5) is 0 Å². The largest absolute Gasteiger partial charge is 0.413 e. The Morgan fingerprint density at radius 3 is 2.29 bits per heavy atom. The Hall–Kier alpha value is -0.123. The number of aliphatic hydroxyl groups is 1. The predicted octanol–water partition coefficient (Wildman–Crippen LogP) is 4.12. The van der Waals surface area contributed by atoms with Gasteiger partial charge in [0, 0.05) is 0 Å². The average Bonchev–Trinajstić information content (AvgIpc) is 2.12. The quantitative estimate of drug-likeness (QED) is 0.574. The van der Waals surface area contributed by atoms with Crippen molar-refractivity contribution in [3.8, 4) is 0 Å². The minimum absolute atomic E-state index is 0.208. The van der Waals surface area contributed by atoms with Crippen LogP contribution in [0.3, 0.4) is 0 Å². The molecule has 0 aromatic heterocycles. The molecule has 0 aliphatic carbocycles. The highest BCUT2D eigenvalue weighted by atomic mass is 28.4. The predicted molar refractivity (Wildman–Crippen MR) is 77.8 cm³/mol. The maximum atomic E-state index is 9.18. The lowest BCUT2D eigenvalue weighted by molar-refractivity contribution is 0.185. The lowest BCUT2D eigenvalue weighted by atomic mass is 10.2. The first-order valence-electron chi connectivity index (χ1n) is 6.54. The molecule has 0 heterocycles. The molecule has 0 saturated carbocycles. The lowest BCUT2D eigenvalue weighted by Gasteiger charge is -2.36. The Morgan fingerprint density at radius 1 is 1.35 bits per heavy atom. The van der Waals surface area contributed by atoms with Gasteiger partial charge in [-0.05, 0) is 44.8 Å². The lowest BCUT2D eigenvalue weighted by Crippen LogP contribution is -2.41. The molecule has 1 unspecified atom stereocenters. The molecule has 0 amide bonds. The first kappa shape index (κ1) is 16.9. The zero-order valence-electron chi connectivity index (χ0n) is 12.6. The van der Waals surface area contributed by atoms with Crippen molar-refractivity contribution >= 4 is 8.32 Å². The van der Waals surface area contributed by atoms with E-state index in [1.807, 2.05) is 6.92 Å². The van der Waals surface area contributed by atoms with Crippen LogP contribution in [0.25, 0.3) is 0 Å². The van der Waals surface area contributed by atoms with Crippen molar-refractivity contribution in [2.45, 2.75) is 71.7 Å². The first-order valence-corrected chi connectivity index (χ1v) is 9.45. The second kappa shape index (κ2) is 6.71. The minimum atomic E-state index is -1.62. The zero-order valence-corrected chi connectivity index (χ0v) is 13.6. The van der Waals surface area contributed by atoms with E-state index in [2.05, 4.69) is 46.9 Å². The van der Waals surface area contributed by atoms with Gasteiger partial charge in [-0.1, -0.05) is 32.4 Å². The Bertz CT molecular complexity index is 249. The van der Waals surface area contributed by atoms with Crippen molar-refractivity contribution in [1.82, 2.24) is 0 Å². The monoisotopic (exact) mass is 258 g/mol. The number of hydrogen-bond acceptors (Lipinski definition) is 2. The highest BCUT2D eigenvalue weighted by Crippen LogP contribution is 2.36. The zero-order chi connectivity index (χ0) is 13.7. The third kappa shape index (κ3) is 7.01. The molecule has 1 N–H and O–H groups in total. The molecule has 0 aliphatic heterocycles. The van der Waals surface area contributed by atoms with E-state index >= 15 is 0 Å². The van der Waals surface area contributed by atoms with Gasteiger partial charge in [0.2, 0.25) is 0 Å². The van der Waals surface area contributed by atoms with E-state index in [1.54, 1.807) is 0 Å². The van der Waals surface area contributed by atoms with Crippen LogP contribution in [0.2, 0.25) is 18.1 Å². The summed E-state index contributed by atoms with van der Waals surface area (Å²) in [6.45, 7) is 16.0. The molecule has 0 spiro atoms. The van der Waals surface area contributed by atoms with Gasteiger partial charge in [0.05, 0.1) is 12.7 Å². The van der Waals surface area contributed by atoms with Gasteiger partial charge in [-0.3, -0.25) is 0 Å². The van der Waals surface area contributed by atoms with E-state index in [1.165, 1.54) is 5.57 Å². The van der Waals surface area contributed by atoms with Crippen molar-refractivity contribution in [3.05, 3.63) is 11.6 Å². The van der Waals surface area contributed by atoms with E-state index in [0.717, 1.165) is 19.4 Å². The van der Waals surface area contributed by atoms with Gasteiger partial charge in [0.25, 0.3) is 0 Å². The smallest absolute Gasteiger partial charge is 0.192 e. The number of hydrogen-bond donors (Lipinski definition) is 1. The van der Waals surface area contributed by atoms with Crippen LogP contribution >= 0.6 is 0 Å². The number of rotatable bonds is 6. The third-order valence-electron chi connectivity index (χ3n) is 3.54. The third-order valence-corrected chi connectivity index (χ3v) is 8.02. The summed E-state index contributed by atoms with van der Waals surface area (Å²) in [5, 5.41) is 9.45. The summed E-state index contributed by atoms with van der Waals surface area (Å²) in [6, 6.07) is 0. The molecule has 0 aromatic carbocycles. The summed E-state index contributed by atoms with van der Waals surface area (Å²) in [6.07, 6.45) is 3.74. The topological polar surface area (TPSA) is 29.5 Å². The second-order valence-electron chi connectivity index (χ2n) is 6.53. The molecule has 0 aromatic rings. The van der Waals surface area contributed by atoms with Gasteiger partial charge >= 0.3 is 0 Å². The van der Waals surface area contributed by atoms with Crippen LogP contribution in [0, 0.1) is 0 Å². The van der Waals surface area contributed by atoms with Crippen molar-refractivity contribution < 1.29 is 9.53 Å². The SMILES string of the molecule is C/C(=C\CCC(C)O)CO[Si](C)(C)C(C)(C)C. The maximum absolute atomic E-state index is 9.18. The van der Waals surface area contributed by atoms with Crippen LogP contribution in [0.1, 0.15) is 47.5 Å². The normalized spacial score (nSPS) is 16.1. The van der Waals surface area contributed by atoms with Crippen molar-refractivity contribution in [2.24, 2.45) is 0 Å². The highest BCUT2D eigenvalue weighted by molar-refractivity contribution is 6.74.